The third-order valence-electron chi connectivity index (χ3n) is 4.71. The molecule has 2 aromatic heterocycles. The quantitative estimate of drug-likeness (QED) is 0.506. The maximum atomic E-state index is 12.2. The first kappa shape index (κ1) is 20.6. The number of nitrogens with zero attached hydrogens (tertiary/aromatic N) is 2. The van der Waals surface area contributed by atoms with Gasteiger partial charge in [-0.2, -0.15) is 0 Å². The van der Waals surface area contributed by atoms with Crippen molar-refractivity contribution in [3.05, 3.63) is 53.1 Å². The van der Waals surface area contributed by atoms with Gasteiger partial charge in [-0.1, -0.05) is 19.9 Å². The van der Waals surface area contributed by atoms with Crippen LogP contribution in [-0.4, -0.2) is 59.5 Å². The van der Waals surface area contributed by atoms with Gasteiger partial charge in [0.25, 0.3) is 5.56 Å². The summed E-state index contributed by atoms with van der Waals surface area (Å²) in [6, 6.07) is 6.08. The molecule has 1 aliphatic heterocycles. The van der Waals surface area contributed by atoms with Gasteiger partial charge in [0.1, 0.15) is 11.5 Å². The van der Waals surface area contributed by atoms with Crippen LogP contribution >= 0.6 is 0 Å². The zero-order chi connectivity index (χ0) is 20.8. The summed E-state index contributed by atoms with van der Waals surface area (Å²) < 4.78 is 0. The number of carbonyl (C=O) groups is 1. The second-order valence-electron chi connectivity index (χ2n) is 7.36. The molecule has 0 saturated carbocycles. The Morgan fingerprint density at radius 1 is 1.34 bits per heavy atom. The molecule has 154 valence electrons. The number of rotatable bonds is 8. The van der Waals surface area contributed by atoms with Gasteiger partial charge in [-0.05, 0) is 23.8 Å². The minimum absolute atomic E-state index is 0.00681. The number of H-pyrrole nitrogens is 1. The molecule has 3 rings (SSSR count). The lowest BCUT2D eigenvalue weighted by atomic mass is 10.1. The van der Waals surface area contributed by atoms with Gasteiger partial charge < -0.3 is 25.8 Å². The number of amides is 1. The first-order valence-electron chi connectivity index (χ1n) is 9.78. The van der Waals surface area contributed by atoms with Crippen LogP contribution in [0.25, 0.3) is 11.1 Å². The molecular weight excluding hydrogens is 368 g/mol. The summed E-state index contributed by atoms with van der Waals surface area (Å²) in [5, 5.41) is 9.49. The third kappa shape index (κ3) is 5.45. The maximum Gasteiger partial charge on any atom is 0.271 e. The number of hydrogen-bond donors (Lipinski definition) is 4. The number of aromatic nitrogens is 2. The molecule has 0 aliphatic carbocycles. The highest BCUT2D eigenvalue weighted by Crippen LogP contribution is 2.22. The predicted octanol–water partition coefficient (Wildman–Crippen LogP) is 1.66. The fourth-order valence-corrected chi connectivity index (χ4v) is 3.04. The van der Waals surface area contributed by atoms with Gasteiger partial charge in [0.15, 0.2) is 0 Å². The summed E-state index contributed by atoms with van der Waals surface area (Å²) in [6.45, 7) is 5.94. The average Bonchev–Trinajstić information content (AvgIpc) is 2.68. The van der Waals surface area contributed by atoms with Crippen LogP contribution in [0.2, 0.25) is 0 Å². The largest absolute Gasteiger partial charge is 0.374 e. The SMILES string of the molecule is CNc1cc(-c2c[nH]c(=O)c(NC3CN(C(=O)/C=C/CNC(C)C)C3)c2)ccn1. The Morgan fingerprint density at radius 2 is 2.14 bits per heavy atom. The molecule has 0 spiro atoms. The Kier molecular flexibility index (Phi) is 6.66. The molecule has 8 nitrogen and oxygen atoms in total. The number of pyridine rings is 2. The van der Waals surface area contributed by atoms with Crippen molar-refractivity contribution in [2.24, 2.45) is 0 Å². The van der Waals surface area contributed by atoms with Crippen LogP contribution in [0.1, 0.15) is 13.8 Å². The van der Waals surface area contributed by atoms with Crippen molar-refractivity contribution < 1.29 is 4.79 Å². The number of likely N-dealkylation sites (tertiary alicyclic amines) is 1. The summed E-state index contributed by atoms with van der Waals surface area (Å²) in [7, 11) is 1.81. The Bertz CT molecular complexity index is 931. The molecule has 0 atom stereocenters. The summed E-state index contributed by atoms with van der Waals surface area (Å²) in [5.41, 5.74) is 2.16. The Balaban J connectivity index is 1.58. The van der Waals surface area contributed by atoms with E-state index in [-0.39, 0.29) is 17.5 Å². The lowest BCUT2D eigenvalue weighted by Gasteiger charge is -2.39. The van der Waals surface area contributed by atoms with Crippen molar-refractivity contribution in [1.82, 2.24) is 20.2 Å². The predicted molar refractivity (Wildman–Crippen MR) is 116 cm³/mol. The summed E-state index contributed by atoms with van der Waals surface area (Å²) >= 11 is 0. The van der Waals surface area contributed by atoms with Gasteiger partial charge in [0, 0.05) is 56.8 Å². The number of nitrogens with one attached hydrogen (secondary N) is 4. The average molecular weight is 396 g/mol. The Morgan fingerprint density at radius 3 is 2.86 bits per heavy atom. The number of aromatic amines is 1. The van der Waals surface area contributed by atoms with E-state index >= 15 is 0 Å². The molecule has 0 aromatic carbocycles. The van der Waals surface area contributed by atoms with E-state index in [9.17, 15) is 9.59 Å². The number of carbonyl (C=O) groups excluding carboxylic acids is 1. The minimum atomic E-state index is -0.180. The van der Waals surface area contributed by atoms with E-state index in [4.69, 9.17) is 0 Å². The highest BCUT2D eigenvalue weighted by molar-refractivity contribution is 5.88. The monoisotopic (exact) mass is 396 g/mol. The smallest absolute Gasteiger partial charge is 0.271 e. The fraction of sp³-hybridized carbons (Fsp3) is 0.381. The highest BCUT2D eigenvalue weighted by Gasteiger charge is 2.29. The van der Waals surface area contributed by atoms with Crippen molar-refractivity contribution in [2.45, 2.75) is 25.9 Å². The first-order valence-corrected chi connectivity index (χ1v) is 9.78. The van der Waals surface area contributed by atoms with Crippen molar-refractivity contribution >= 4 is 17.4 Å². The molecule has 4 N–H and O–H groups in total. The lowest BCUT2D eigenvalue weighted by molar-refractivity contribution is -0.129. The van der Waals surface area contributed by atoms with E-state index in [2.05, 4.69) is 39.8 Å². The fourth-order valence-electron chi connectivity index (χ4n) is 3.04. The van der Waals surface area contributed by atoms with Crippen molar-refractivity contribution in [3.63, 3.8) is 0 Å². The number of anilines is 2. The molecule has 8 heteroatoms. The number of hydrogen-bond acceptors (Lipinski definition) is 6. The van der Waals surface area contributed by atoms with Crippen LogP contribution < -0.4 is 21.5 Å². The summed E-state index contributed by atoms with van der Waals surface area (Å²) in [4.78, 5) is 33.1. The molecule has 29 heavy (non-hydrogen) atoms. The molecule has 0 bridgehead atoms. The molecule has 1 fully saturated rings. The first-order chi connectivity index (χ1) is 14.0. The molecule has 1 aliphatic rings. The minimum Gasteiger partial charge on any atom is -0.374 e. The molecule has 2 aromatic rings. The van der Waals surface area contributed by atoms with Gasteiger partial charge >= 0.3 is 0 Å². The highest BCUT2D eigenvalue weighted by atomic mass is 16.2. The second kappa shape index (κ2) is 9.38. The van der Waals surface area contributed by atoms with E-state index in [0.717, 1.165) is 16.9 Å². The van der Waals surface area contributed by atoms with Gasteiger partial charge in [-0.3, -0.25) is 9.59 Å². The van der Waals surface area contributed by atoms with Gasteiger partial charge in [-0.15, -0.1) is 0 Å². The van der Waals surface area contributed by atoms with E-state index in [1.165, 1.54) is 0 Å². The molecule has 3 heterocycles. The molecule has 0 radical (unpaired) electrons. The van der Waals surface area contributed by atoms with Crippen molar-refractivity contribution in [1.29, 1.82) is 0 Å². The molecule has 1 amide bonds. The van der Waals surface area contributed by atoms with Crippen LogP contribution in [0.4, 0.5) is 11.5 Å². The van der Waals surface area contributed by atoms with E-state index in [1.807, 2.05) is 31.3 Å². The summed E-state index contributed by atoms with van der Waals surface area (Å²) in [6.07, 6.45) is 6.85. The maximum absolute atomic E-state index is 12.2. The van der Waals surface area contributed by atoms with E-state index in [1.54, 1.807) is 23.4 Å². The van der Waals surface area contributed by atoms with E-state index in [0.29, 0.717) is 31.4 Å². The third-order valence-corrected chi connectivity index (χ3v) is 4.71. The molecule has 1 saturated heterocycles. The lowest BCUT2D eigenvalue weighted by Crippen LogP contribution is -2.57. The van der Waals surface area contributed by atoms with Crippen LogP contribution in [0.15, 0.2) is 47.5 Å². The molecular formula is C21H28N6O2. The van der Waals surface area contributed by atoms with Crippen LogP contribution in [-0.2, 0) is 4.79 Å². The zero-order valence-corrected chi connectivity index (χ0v) is 17.0. The van der Waals surface area contributed by atoms with Crippen molar-refractivity contribution in [3.8, 4) is 11.1 Å². The van der Waals surface area contributed by atoms with E-state index < -0.39 is 0 Å². The van der Waals surface area contributed by atoms with Crippen molar-refractivity contribution in [2.75, 3.05) is 37.3 Å². The zero-order valence-electron chi connectivity index (χ0n) is 17.0. The Labute approximate surface area is 170 Å². The van der Waals surface area contributed by atoms with Gasteiger partial charge in [0.2, 0.25) is 5.91 Å². The normalized spacial score (nSPS) is 14.3. The van der Waals surface area contributed by atoms with Gasteiger partial charge in [0.05, 0.1) is 6.04 Å². The van der Waals surface area contributed by atoms with Crippen LogP contribution in [0.3, 0.4) is 0 Å². The van der Waals surface area contributed by atoms with Gasteiger partial charge in [-0.25, -0.2) is 4.98 Å². The second-order valence-corrected chi connectivity index (χ2v) is 7.36. The van der Waals surface area contributed by atoms with Crippen LogP contribution in [0, 0.1) is 0 Å². The summed E-state index contributed by atoms with van der Waals surface area (Å²) in [5.74, 6) is 0.751. The standard InChI is InChI=1S/C21H28N6O2/c1-14(2)23-7-4-5-20(28)27-12-17(13-27)26-18-9-16(11-25-21(18)29)15-6-8-24-19(10-15)22-3/h4-6,8-11,14,17,23,26H,7,12-13H2,1-3H3,(H,22,24)(H,25,29)/b5-4+. The topological polar surface area (TPSA) is 102 Å². The molecule has 0 unspecified atom stereocenters. The van der Waals surface area contributed by atoms with Crippen LogP contribution in [0.5, 0.6) is 0 Å². The Hall–Kier alpha value is -3.13.